The molecule has 9 heteroatoms. The van der Waals surface area contributed by atoms with Crippen LogP contribution in [-0.4, -0.2) is 78.9 Å². The van der Waals surface area contributed by atoms with Crippen molar-refractivity contribution in [2.75, 3.05) is 71.8 Å². The molecule has 2 atom stereocenters. The van der Waals surface area contributed by atoms with E-state index in [1.54, 1.807) is 19.1 Å². The molecule has 3 aromatic rings. The number of anilines is 1. The smallest absolute Gasteiger partial charge is 0.265 e. The molecule has 0 bridgehead atoms. The summed E-state index contributed by atoms with van der Waals surface area (Å²) in [5.41, 5.74) is 4.19. The molecule has 5 rings (SSSR count). The molecule has 2 aliphatic heterocycles. The van der Waals surface area contributed by atoms with E-state index in [1.807, 2.05) is 48.5 Å². The molecule has 9 nitrogen and oxygen atoms in total. The van der Waals surface area contributed by atoms with Crippen LogP contribution in [0.4, 0.5) is 5.69 Å². The van der Waals surface area contributed by atoms with Crippen LogP contribution >= 0.6 is 0 Å². The number of hydrogen-bond acceptors (Lipinski definition) is 8. The predicted molar refractivity (Wildman–Crippen MR) is 169 cm³/mol. The van der Waals surface area contributed by atoms with Gasteiger partial charge in [0.15, 0.2) is 6.61 Å². The average Bonchev–Trinajstić information content (AvgIpc) is 3.07. The van der Waals surface area contributed by atoms with Crippen molar-refractivity contribution in [3.05, 3.63) is 83.4 Å². The summed E-state index contributed by atoms with van der Waals surface area (Å²) in [6.45, 7) is 5.07. The zero-order chi connectivity index (χ0) is 30.6. The Kier molecular flexibility index (Phi) is 11.9. The highest BCUT2D eigenvalue weighted by atomic mass is 16.5. The summed E-state index contributed by atoms with van der Waals surface area (Å²) in [6.07, 6.45) is 2.58. The largest absolute Gasteiger partial charge is 0.496 e. The fourth-order valence-electron chi connectivity index (χ4n) is 5.76. The first-order chi connectivity index (χ1) is 21.7. The van der Waals surface area contributed by atoms with Gasteiger partial charge in [0.25, 0.3) is 5.91 Å². The first-order valence-electron chi connectivity index (χ1n) is 15.5. The Labute approximate surface area is 260 Å². The highest BCUT2D eigenvalue weighted by Crippen LogP contribution is 2.34. The standard InChI is InChI=1S/C35H44N2O7/c1-39-18-5-17-37-31-22-26(8-13-33(31)44-25-35(37)38)24-43-34-23-36-16-14-30(34)27-9-11-29(12-10-27)42-21-20-41-19-15-28-6-3-4-7-32(28)40-2/h3-4,6-13,22,30,34,36H,5,14-21,23-25H2,1-2H3. The van der Waals surface area contributed by atoms with Gasteiger partial charge in [-0.1, -0.05) is 36.4 Å². The fraction of sp³-hybridized carbons (Fsp3) is 0.457. The maximum absolute atomic E-state index is 12.6. The molecular weight excluding hydrogens is 560 g/mol. The van der Waals surface area contributed by atoms with Crippen LogP contribution in [-0.2, 0) is 32.0 Å². The van der Waals surface area contributed by atoms with Gasteiger partial charge in [0.1, 0.15) is 23.9 Å². The number of nitrogens with one attached hydrogen (secondary N) is 1. The minimum atomic E-state index is -0.0349. The third-order valence-electron chi connectivity index (χ3n) is 8.10. The molecule has 2 heterocycles. The Hall–Kier alpha value is -3.63. The van der Waals surface area contributed by atoms with Crippen molar-refractivity contribution in [1.29, 1.82) is 0 Å². The SMILES string of the molecule is COCCCN1C(=O)COc2ccc(COC3CNCCC3c3ccc(OCCOCCc4ccccc4OC)cc3)cc21. The van der Waals surface area contributed by atoms with Gasteiger partial charge in [0.2, 0.25) is 0 Å². The van der Waals surface area contributed by atoms with E-state index in [2.05, 4.69) is 23.5 Å². The van der Waals surface area contributed by atoms with Gasteiger partial charge >= 0.3 is 0 Å². The third kappa shape index (κ3) is 8.51. The molecule has 2 aliphatic rings. The molecule has 0 aromatic heterocycles. The molecule has 0 radical (unpaired) electrons. The van der Waals surface area contributed by atoms with Gasteiger partial charge < -0.3 is 38.6 Å². The number of rotatable bonds is 16. The number of para-hydroxylation sites is 1. The van der Waals surface area contributed by atoms with E-state index >= 15 is 0 Å². The summed E-state index contributed by atoms with van der Waals surface area (Å²) in [5.74, 6) is 2.68. The third-order valence-corrected chi connectivity index (χ3v) is 8.10. The number of hydrogen-bond donors (Lipinski definition) is 1. The first kappa shape index (κ1) is 31.8. The Morgan fingerprint density at radius 2 is 1.84 bits per heavy atom. The lowest BCUT2D eigenvalue weighted by molar-refractivity contribution is -0.121. The number of fused-ring (bicyclic) bond motifs is 1. The van der Waals surface area contributed by atoms with E-state index < -0.39 is 0 Å². The van der Waals surface area contributed by atoms with E-state index in [9.17, 15) is 4.79 Å². The minimum absolute atomic E-state index is 0.0267. The molecular formula is C35H44N2O7. The summed E-state index contributed by atoms with van der Waals surface area (Å²) in [7, 11) is 3.36. The second-order valence-corrected chi connectivity index (χ2v) is 11.0. The van der Waals surface area contributed by atoms with Crippen LogP contribution < -0.4 is 24.4 Å². The van der Waals surface area contributed by atoms with Crippen molar-refractivity contribution in [2.24, 2.45) is 0 Å². The Balaban J connectivity index is 1.10. The van der Waals surface area contributed by atoms with Crippen molar-refractivity contribution < 1.29 is 33.2 Å². The average molecular weight is 605 g/mol. The molecule has 1 saturated heterocycles. The van der Waals surface area contributed by atoms with Crippen LogP contribution in [0, 0.1) is 0 Å². The molecule has 0 aliphatic carbocycles. The van der Waals surface area contributed by atoms with Crippen molar-refractivity contribution in [2.45, 2.75) is 37.9 Å². The summed E-state index contributed by atoms with van der Waals surface area (Å²) in [4.78, 5) is 14.4. The van der Waals surface area contributed by atoms with Crippen molar-refractivity contribution in [3.8, 4) is 17.2 Å². The number of ether oxygens (including phenoxy) is 6. The zero-order valence-electron chi connectivity index (χ0n) is 25.8. The number of methoxy groups -OCH3 is 2. The molecule has 1 amide bonds. The second kappa shape index (κ2) is 16.4. The molecule has 0 saturated carbocycles. The molecule has 1 fully saturated rings. The van der Waals surface area contributed by atoms with E-state index in [1.165, 1.54) is 5.56 Å². The molecule has 236 valence electrons. The van der Waals surface area contributed by atoms with Crippen molar-refractivity contribution >= 4 is 11.6 Å². The number of carbonyl (C=O) groups excluding carboxylic acids is 1. The monoisotopic (exact) mass is 604 g/mol. The van der Waals surface area contributed by atoms with Crippen LogP contribution in [0.1, 0.15) is 35.4 Å². The fourth-order valence-corrected chi connectivity index (χ4v) is 5.76. The molecule has 1 N–H and O–H groups in total. The highest BCUT2D eigenvalue weighted by molar-refractivity contribution is 5.97. The summed E-state index contributed by atoms with van der Waals surface area (Å²) < 4.78 is 34.5. The number of nitrogens with zero attached hydrogens (tertiary/aromatic N) is 1. The Morgan fingerprint density at radius 3 is 2.68 bits per heavy atom. The zero-order valence-corrected chi connectivity index (χ0v) is 25.8. The lowest BCUT2D eigenvalue weighted by Crippen LogP contribution is -2.41. The van der Waals surface area contributed by atoms with Gasteiger partial charge in [0, 0.05) is 32.7 Å². The first-order valence-corrected chi connectivity index (χ1v) is 15.5. The second-order valence-electron chi connectivity index (χ2n) is 11.0. The van der Waals surface area contributed by atoms with Gasteiger partial charge in [-0.05, 0) is 72.8 Å². The van der Waals surface area contributed by atoms with Crippen LogP contribution in [0.2, 0.25) is 0 Å². The summed E-state index contributed by atoms with van der Waals surface area (Å²) >= 11 is 0. The number of amides is 1. The minimum Gasteiger partial charge on any atom is -0.496 e. The van der Waals surface area contributed by atoms with Crippen LogP contribution in [0.25, 0.3) is 0 Å². The van der Waals surface area contributed by atoms with E-state index in [4.69, 9.17) is 28.4 Å². The quantitative estimate of drug-likeness (QED) is 0.234. The summed E-state index contributed by atoms with van der Waals surface area (Å²) in [6, 6.07) is 22.3. The van der Waals surface area contributed by atoms with Crippen LogP contribution in [0.5, 0.6) is 17.2 Å². The maximum atomic E-state index is 12.6. The predicted octanol–water partition coefficient (Wildman–Crippen LogP) is 4.76. The lowest BCUT2D eigenvalue weighted by Gasteiger charge is -2.33. The number of benzene rings is 3. The van der Waals surface area contributed by atoms with E-state index in [0.29, 0.717) is 39.6 Å². The van der Waals surface area contributed by atoms with Gasteiger partial charge in [0.05, 0.1) is 38.7 Å². The molecule has 2 unspecified atom stereocenters. The van der Waals surface area contributed by atoms with Gasteiger partial charge in [-0.15, -0.1) is 0 Å². The number of carbonyl (C=O) groups is 1. The summed E-state index contributed by atoms with van der Waals surface area (Å²) in [5, 5.41) is 3.48. The van der Waals surface area contributed by atoms with Crippen LogP contribution in [0.3, 0.4) is 0 Å². The van der Waals surface area contributed by atoms with E-state index in [-0.39, 0.29) is 24.5 Å². The van der Waals surface area contributed by atoms with Crippen LogP contribution in [0.15, 0.2) is 66.7 Å². The van der Waals surface area contributed by atoms with Gasteiger partial charge in [-0.25, -0.2) is 0 Å². The Morgan fingerprint density at radius 1 is 0.977 bits per heavy atom. The number of piperidine rings is 1. The van der Waals surface area contributed by atoms with Gasteiger partial charge in [-0.3, -0.25) is 4.79 Å². The highest BCUT2D eigenvalue weighted by Gasteiger charge is 2.28. The van der Waals surface area contributed by atoms with Gasteiger partial charge in [-0.2, -0.15) is 0 Å². The molecule has 0 spiro atoms. The lowest BCUT2D eigenvalue weighted by atomic mass is 9.87. The topological polar surface area (TPSA) is 87.7 Å². The van der Waals surface area contributed by atoms with E-state index in [0.717, 1.165) is 66.4 Å². The molecule has 3 aromatic carbocycles. The Bertz CT molecular complexity index is 1330. The van der Waals surface area contributed by atoms with Crippen molar-refractivity contribution in [1.82, 2.24) is 5.32 Å². The molecule has 44 heavy (non-hydrogen) atoms. The van der Waals surface area contributed by atoms with Crippen molar-refractivity contribution in [3.63, 3.8) is 0 Å². The normalized spacial score (nSPS) is 18.0. The maximum Gasteiger partial charge on any atom is 0.265 e.